The maximum atomic E-state index is 12.1. The minimum absolute atomic E-state index is 0.00864. The Hall–Kier alpha value is 0.0500. The van der Waals surface area contributed by atoms with Crippen LogP contribution in [0.2, 0.25) is 0 Å². The van der Waals surface area contributed by atoms with Crippen molar-refractivity contribution in [1.29, 1.82) is 0 Å². The van der Waals surface area contributed by atoms with Crippen LogP contribution in [0.4, 0.5) is 13.2 Å². The Kier molecular flexibility index (Phi) is 3.66. The van der Waals surface area contributed by atoms with Crippen LogP contribution in [0.5, 0.6) is 0 Å². The van der Waals surface area contributed by atoms with E-state index in [0.717, 1.165) is 10.8 Å². The second kappa shape index (κ2) is 4.62. The second-order valence-corrected chi connectivity index (χ2v) is 8.78. The van der Waals surface area contributed by atoms with Crippen LogP contribution in [0.25, 0.3) is 0 Å². The Bertz CT molecular complexity index is 379. The summed E-state index contributed by atoms with van der Waals surface area (Å²) in [5, 5.41) is 0. The SMILES string of the molecule is O=S1(=O)CC2CCC(OC(F)(F)F)CC2CS1. The highest BCUT2D eigenvalue weighted by Gasteiger charge is 2.42. The normalized spacial score (nSPS) is 37.5. The first-order chi connectivity index (χ1) is 7.75. The van der Waals surface area contributed by atoms with Crippen molar-refractivity contribution < 1.29 is 26.3 Å². The summed E-state index contributed by atoms with van der Waals surface area (Å²) >= 11 is 0. The molecule has 3 nitrogen and oxygen atoms in total. The van der Waals surface area contributed by atoms with E-state index in [1.807, 2.05) is 0 Å². The molecule has 1 aliphatic carbocycles. The summed E-state index contributed by atoms with van der Waals surface area (Å²) in [5.41, 5.74) is 0. The van der Waals surface area contributed by atoms with Crippen molar-refractivity contribution in [3.05, 3.63) is 0 Å². The van der Waals surface area contributed by atoms with E-state index < -0.39 is 21.3 Å². The number of ether oxygens (including phenoxy) is 1. The summed E-state index contributed by atoms with van der Waals surface area (Å²) in [6, 6.07) is 0. The number of hydrogen-bond acceptors (Lipinski definition) is 4. The van der Waals surface area contributed by atoms with Crippen molar-refractivity contribution >= 4 is 19.7 Å². The van der Waals surface area contributed by atoms with Crippen LogP contribution < -0.4 is 0 Å². The van der Waals surface area contributed by atoms with Gasteiger partial charge in [0.2, 0.25) is 8.87 Å². The van der Waals surface area contributed by atoms with Crippen LogP contribution in [-0.2, 0) is 13.6 Å². The van der Waals surface area contributed by atoms with Crippen molar-refractivity contribution in [2.24, 2.45) is 11.8 Å². The summed E-state index contributed by atoms with van der Waals surface area (Å²) < 4.78 is 62.9. The van der Waals surface area contributed by atoms with Gasteiger partial charge in [0.25, 0.3) is 0 Å². The number of halogens is 3. The molecule has 2 aliphatic rings. The number of fused-ring (bicyclic) bond motifs is 1. The Morgan fingerprint density at radius 1 is 1.18 bits per heavy atom. The Balaban J connectivity index is 1.94. The second-order valence-electron chi connectivity index (χ2n) is 4.53. The fourth-order valence-electron chi connectivity index (χ4n) is 2.50. The molecule has 100 valence electrons. The molecule has 1 saturated carbocycles. The number of hydrogen-bond donors (Lipinski definition) is 0. The van der Waals surface area contributed by atoms with Crippen LogP contribution in [-0.4, -0.2) is 32.4 Å². The first-order valence-corrected chi connectivity index (χ1v) is 8.52. The lowest BCUT2D eigenvalue weighted by molar-refractivity contribution is -0.346. The van der Waals surface area contributed by atoms with Crippen molar-refractivity contribution in [2.45, 2.75) is 31.7 Å². The van der Waals surface area contributed by atoms with E-state index in [1.165, 1.54) is 0 Å². The summed E-state index contributed by atoms with van der Waals surface area (Å²) in [5.74, 6) is 0.533. The van der Waals surface area contributed by atoms with E-state index in [9.17, 15) is 21.6 Å². The van der Waals surface area contributed by atoms with Crippen LogP contribution >= 0.6 is 10.8 Å². The molecule has 0 amide bonds. The Morgan fingerprint density at radius 2 is 1.88 bits per heavy atom. The molecule has 0 N–H and O–H groups in total. The quantitative estimate of drug-likeness (QED) is 0.695. The molecule has 0 aromatic carbocycles. The van der Waals surface area contributed by atoms with Gasteiger partial charge in [-0.3, -0.25) is 4.74 Å². The van der Waals surface area contributed by atoms with Gasteiger partial charge in [0, 0.05) is 5.75 Å². The monoisotopic (exact) mass is 290 g/mol. The average molecular weight is 290 g/mol. The van der Waals surface area contributed by atoms with E-state index in [2.05, 4.69) is 4.74 Å². The van der Waals surface area contributed by atoms with Crippen LogP contribution in [0.15, 0.2) is 0 Å². The highest BCUT2D eigenvalue weighted by atomic mass is 33.1. The van der Waals surface area contributed by atoms with Crippen LogP contribution in [0.1, 0.15) is 19.3 Å². The van der Waals surface area contributed by atoms with Gasteiger partial charge in [0.1, 0.15) is 0 Å². The van der Waals surface area contributed by atoms with Crippen LogP contribution in [0.3, 0.4) is 0 Å². The zero-order valence-corrected chi connectivity index (χ0v) is 10.6. The third-order valence-corrected chi connectivity index (χ3v) is 6.93. The Labute approximate surface area is 101 Å². The largest absolute Gasteiger partial charge is 0.522 e. The van der Waals surface area contributed by atoms with Crippen LogP contribution in [0, 0.1) is 11.8 Å². The Morgan fingerprint density at radius 3 is 2.53 bits per heavy atom. The fourth-order valence-corrected chi connectivity index (χ4v) is 6.31. The van der Waals surface area contributed by atoms with Gasteiger partial charge in [-0.05, 0) is 41.9 Å². The van der Waals surface area contributed by atoms with Gasteiger partial charge in [-0.25, -0.2) is 8.42 Å². The van der Waals surface area contributed by atoms with E-state index in [4.69, 9.17) is 0 Å². The minimum Gasteiger partial charge on any atom is -0.289 e. The maximum Gasteiger partial charge on any atom is 0.522 e. The number of alkyl halides is 3. The molecule has 0 aromatic rings. The lowest BCUT2D eigenvalue weighted by Crippen LogP contribution is -2.39. The predicted octanol–water partition coefficient (Wildman–Crippen LogP) is 2.38. The first-order valence-electron chi connectivity index (χ1n) is 5.37. The smallest absolute Gasteiger partial charge is 0.289 e. The maximum absolute atomic E-state index is 12.1. The molecule has 1 saturated heterocycles. The topological polar surface area (TPSA) is 43.4 Å². The molecule has 3 atom stereocenters. The van der Waals surface area contributed by atoms with E-state index in [-0.39, 0.29) is 17.6 Å². The molecule has 8 heteroatoms. The molecule has 1 heterocycles. The lowest BCUT2D eigenvalue weighted by Gasteiger charge is -2.38. The summed E-state index contributed by atoms with van der Waals surface area (Å²) in [6.45, 7) is 0. The zero-order valence-electron chi connectivity index (χ0n) is 8.94. The van der Waals surface area contributed by atoms with Crippen molar-refractivity contribution in [3.8, 4) is 0 Å². The lowest BCUT2D eigenvalue weighted by atomic mass is 9.80. The fraction of sp³-hybridized carbons (Fsp3) is 1.00. The number of rotatable bonds is 1. The summed E-state index contributed by atoms with van der Waals surface area (Å²) in [7, 11) is -2.19. The molecule has 17 heavy (non-hydrogen) atoms. The summed E-state index contributed by atoms with van der Waals surface area (Å²) in [6.07, 6.45) is -4.29. The van der Waals surface area contributed by atoms with Gasteiger partial charge in [-0.1, -0.05) is 0 Å². The van der Waals surface area contributed by atoms with Gasteiger partial charge >= 0.3 is 6.36 Å². The minimum atomic E-state index is -4.59. The standard InChI is InChI=1S/C9H13F3O3S2/c10-9(11,12)15-8-2-1-6-5-17(13,14)16-4-7(6)3-8/h6-8H,1-5H2. The van der Waals surface area contributed by atoms with E-state index in [0.29, 0.717) is 25.0 Å². The molecular weight excluding hydrogens is 277 g/mol. The highest BCUT2D eigenvalue weighted by Crippen LogP contribution is 2.42. The molecule has 0 radical (unpaired) electrons. The van der Waals surface area contributed by atoms with Gasteiger partial charge in [-0.15, -0.1) is 13.2 Å². The molecule has 2 fully saturated rings. The third-order valence-electron chi connectivity index (χ3n) is 3.27. The highest BCUT2D eigenvalue weighted by molar-refractivity contribution is 8.72. The van der Waals surface area contributed by atoms with Gasteiger partial charge in [0.15, 0.2) is 0 Å². The van der Waals surface area contributed by atoms with E-state index >= 15 is 0 Å². The van der Waals surface area contributed by atoms with Crippen molar-refractivity contribution in [2.75, 3.05) is 11.5 Å². The molecular formula is C9H13F3O3S2. The van der Waals surface area contributed by atoms with Gasteiger partial charge < -0.3 is 0 Å². The molecule has 3 unspecified atom stereocenters. The summed E-state index contributed by atoms with van der Waals surface area (Å²) in [4.78, 5) is 0. The molecule has 0 spiro atoms. The predicted molar refractivity (Wildman–Crippen MR) is 58.0 cm³/mol. The zero-order chi connectivity index (χ0) is 12.7. The molecule has 0 bridgehead atoms. The molecule has 2 rings (SSSR count). The van der Waals surface area contributed by atoms with Gasteiger partial charge in [-0.2, -0.15) is 0 Å². The van der Waals surface area contributed by atoms with E-state index in [1.54, 1.807) is 0 Å². The molecule has 1 aliphatic heterocycles. The van der Waals surface area contributed by atoms with Crippen molar-refractivity contribution in [1.82, 2.24) is 0 Å². The average Bonchev–Trinajstić information content (AvgIpc) is 2.15. The first kappa shape index (κ1) is 13.5. The molecule has 0 aromatic heterocycles. The van der Waals surface area contributed by atoms with Gasteiger partial charge in [0.05, 0.1) is 11.9 Å². The third kappa shape index (κ3) is 3.75. The van der Waals surface area contributed by atoms with Crippen molar-refractivity contribution in [3.63, 3.8) is 0 Å².